The highest BCUT2D eigenvalue weighted by Crippen LogP contribution is 2.42. The maximum Gasteiger partial charge on any atom is 0.0368 e. The zero-order chi connectivity index (χ0) is 9.54. The normalized spacial score (nSPS) is 29.9. The lowest BCUT2D eigenvalue weighted by Gasteiger charge is -2.47. The first-order chi connectivity index (χ1) is 6.81. The Labute approximate surface area is 88.5 Å². The molecule has 3 fully saturated rings. The van der Waals surface area contributed by atoms with E-state index in [-0.39, 0.29) is 0 Å². The molecule has 0 amide bonds. The van der Waals surface area contributed by atoms with Crippen LogP contribution in [-0.2, 0) is 0 Å². The highest BCUT2D eigenvalue weighted by molar-refractivity contribution is 8.02. The van der Waals surface area contributed by atoms with Crippen LogP contribution < -0.4 is 10.6 Å². The molecule has 3 heterocycles. The second-order valence-corrected chi connectivity index (χ2v) is 5.72. The first kappa shape index (κ1) is 8.48. The predicted octanol–water partition coefficient (Wildman–Crippen LogP) is 1.96. The molecule has 3 aliphatic rings. The lowest BCUT2D eigenvalue weighted by atomic mass is 10.1. The number of nitrogen functional groups attached to an aromatic ring is 1. The molecule has 1 aromatic rings. The predicted molar refractivity (Wildman–Crippen MR) is 62.9 cm³/mol. The van der Waals surface area contributed by atoms with Gasteiger partial charge in [0, 0.05) is 35.0 Å². The number of fused-ring (bicyclic) bond motifs is 2. The molecule has 0 saturated carbocycles. The van der Waals surface area contributed by atoms with E-state index < -0.39 is 0 Å². The maximum atomic E-state index is 5.67. The summed E-state index contributed by atoms with van der Waals surface area (Å²) in [4.78, 5) is 2.48. The molecular weight excluding hydrogens is 192 g/mol. The van der Waals surface area contributed by atoms with Crippen molar-refractivity contribution in [2.75, 3.05) is 23.7 Å². The Balaban J connectivity index is 1.79. The minimum Gasteiger partial charge on any atom is -0.399 e. The first-order valence-electron chi connectivity index (χ1n) is 5.07. The van der Waals surface area contributed by atoms with E-state index >= 15 is 0 Å². The molecule has 4 rings (SSSR count). The molecule has 3 saturated heterocycles. The minimum absolute atomic E-state index is 0.852. The van der Waals surface area contributed by atoms with Crippen LogP contribution in [0.25, 0.3) is 0 Å². The van der Waals surface area contributed by atoms with Gasteiger partial charge in [0.05, 0.1) is 0 Å². The lowest BCUT2D eigenvalue weighted by Crippen LogP contribution is -2.51. The van der Waals surface area contributed by atoms with Crippen molar-refractivity contribution in [3.05, 3.63) is 24.3 Å². The molecule has 2 unspecified atom stereocenters. The van der Waals surface area contributed by atoms with Gasteiger partial charge in [0.1, 0.15) is 0 Å². The number of rotatable bonds is 1. The third kappa shape index (κ3) is 1.36. The van der Waals surface area contributed by atoms with E-state index in [9.17, 15) is 0 Å². The van der Waals surface area contributed by atoms with Crippen molar-refractivity contribution in [3.8, 4) is 0 Å². The number of benzene rings is 1. The summed E-state index contributed by atoms with van der Waals surface area (Å²) in [6, 6.07) is 8.24. The van der Waals surface area contributed by atoms with Crippen LogP contribution in [0.5, 0.6) is 0 Å². The zero-order valence-electron chi connectivity index (χ0n) is 8.02. The summed E-state index contributed by atoms with van der Waals surface area (Å²) in [5.74, 6) is 0. The van der Waals surface area contributed by atoms with Gasteiger partial charge in [-0.2, -0.15) is 11.8 Å². The van der Waals surface area contributed by atoms with Gasteiger partial charge in [-0.25, -0.2) is 0 Å². The molecule has 0 aliphatic carbocycles. The Hall–Kier alpha value is -0.830. The fourth-order valence-electron chi connectivity index (χ4n) is 2.25. The first-order valence-corrected chi connectivity index (χ1v) is 6.01. The largest absolute Gasteiger partial charge is 0.399 e. The third-order valence-electron chi connectivity index (χ3n) is 3.02. The Bertz CT molecular complexity index is 320. The quantitative estimate of drug-likeness (QED) is 0.712. The van der Waals surface area contributed by atoms with E-state index in [1.54, 1.807) is 0 Å². The van der Waals surface area contributed by atoms with E-state index in [2.05, 4.69) is 28.8 Å². The topological polar surface area (TPSA) is 29.3 Å². The minimum atomic E-state index is 0.852. The third-order valence-corrected chi connectivity index (χ3v) is 4.47. The standard InChI is InChI=1S/C11H14N2S/c12-8-1-3-9(4-2-8)13-6-10-5-11(7-13)14-10/h1-4,10-11H,5-7,12H2. The number of piperidine rings is 1. The SMILES string of the molecule is Nc1ccc(N2CC3CC(C2)S3)cc1. The Morgan fingerprint density at radius 2 is 1.71 bits per heavy atom. The van der Waals surface area contributed by atoms with Gasteiger partial charge in [-0.1, -0.05) is 0 Å². The number of nitrogens with two attached hydrogens (primary N) is 1. The second-order valence-electron chi connectivity index (χ2n) is 4.11. The van der Waals surface area contributed by atoms with Crippen LogP contribution in [0.15, 0.2) is 24.3 Å². The molecule has 3 aliphatic heterocycles. The lowest BCUT2D eigenvalue weighted by molar-refractivity contribution is 0.558. The van der Waals surface area contributed by atoms with Crippen molar-refractivity contribution in [3.63, 3.8) is 0 Å². The summed E-state index contributed by atoms with van der Waals surface area (Å²) >= 11 is 2.15. The average Bonchev–Trinajstić information content (AvgIpc) is 2.18. The molecule has 74 valence electrons. The number of nitrogens with zero attached hydrogens (tertiary/aromatic N) is 1. The van der Waals surface area contributed by atoms with Gasteiger partial charge in [-0.05, 0) is 30.7 Å². The molecule has 2 bridgehead atoms. The molecule has 2 atom stereocenters. The van der Waals surface area contributed by atoms with E-state index in [1.807, 2.05) is 12.1 Å². The van der Waals surface area contributed by atoms with Gasteiger partial charge in [0.2, 0.25) is 0 Å². The highest BCUT2D eigenvalue weighted by Gasteiger charge is 2.37. The van der Waals surface area contributed by atoms with E-state index in [4.69, 9.17) is 5.73 Å². The van der Waals surface area contributed by atoms with Crippen molar-refractivity contribution in [2.24, 2.45) is 0 Å². The molecule has 0 aromatic heterocycles. The second kappa shape index (κ2) is 3.09. The molecule has 14 heavy (non-hydrogen) atoms. The molecule has 0 radical (unpaired) electrons. The Morgan fingerprint density at radius 1 is 1.14 bits per heavy atom. The van der Waals surface area contributed by atoms with Crippen LogP contribution in [0.1, 0.15) is 6.42 Å². The van der Waals surface area contributed by atoms with Gasteiger partial charge in [0.25, 0.3) is 0 Å². The highest BCUT2D eigenvalue weighted by atomic mass is 32.2. The summed E-state index contributed by atoms with van der Waals surface area (Å²) in [6.45, 7) is 2.43. The molecule has 3 heteroatoms. The van der Waals surface area contributed by atoms with Crippen LogP contribution in [0.2, 0.25) is 0 Å². The number of anilines is 2. The van der Waals surface area contributed by atoms with Gasteiger partial charge in [-0.15, -0.1) is 0 Å². The van der Waals surface area contributed by atoms with Gasteiger partial charge in [0.15, 0.2) is 0 Å². The Kier molecular flexibility index (Phi) is 1.87. The summed E-state index contributed by atoms with van der Waals surface area (Å²) in [6.07, 6.45) is 1.43. The van der Waals surface area contributed by atoms with Crippen molar-refractivity contribution >= 4 is 23.1 Å². The smallest absolute Gasteiger partial charge is 0.0368 e. The number of thioether (sulfide) groups is 1. The van der Waals surface area contributed by atoms with Crippen LogP contribution >= 0.6 is 11.8 Å². The molecule has 2 nitrogen and oxygen atoms in total. The van der Waals surface area contributed by atoms with Crippen LogP contribution in [-0.4, -0.2) is 23.6 Å². The van der Waals surface area contributed by atoms with Gasteiger partial charge < -0.3 is 10.6 Å². The van der Waals surface area contributed by atoms with E-state index in [1.165, 1.54) is 25.2 Å². The fourth-order valence-corrected chi connectivity index (χ4v) is 3.66. The van der Waals surface area contributed by atoms with Gasteiger partial charge >= 0.3 is 0 Å². The monoisotopic (exact) mass is 206 g/mol. The Morgan fingerprint density at radius 3 is 2.29 bits per heavy atom. The van der Waals surface area contributed by atoms with E-state index in [0.29, 0.717) is 0 Å². The fraction of sp³-hybridized carbons (Fsp3) is 0.455. The number of hydrogen-bond donors (Lipinski definition) is 1. The summed E-state index contributed by atoms with van der Waals surface area (Å²) in [7, 11) is 0. The van der Waals surface area contributed by atoms with Gasteiger partial charge in [-0.3, -0.25) is 0 Å². The molecule has 0 spiro atoms. The van der Waals surface area contributed by atoms with Crippen molar-refractivity contribution < 1.29 is 0 Å². The number of hydrogen-bond acceptors (Lipinski definition) is 3. The average molecular weight is 206 g/mol. The van der Waals surface area contributed by atoms with Crippen molar-refractivity contribution in [2.45, 2.75) is 16.9 Å². The van der Waals surface area contributed by atoms with Crippen LogP contribution in [0.4, 0.5) is 11.4 Å². The molecule has 1 aromatic carbocycles. The van der Waals surface area contributed by atoms with Crippen LogP contribution in [0.3, 0.4) is 0 Å². The summed E-state index contributed by atoms with van der Waals surface area (Å²) in [5.41, 5.74) is 7.85. The molecule has 2 N–H and O–H groups in total. The summed E-state index contributed by atoms with van der Waals surface area (Å²) in [5, 5.41) is 1.76. The summed E-state index contributed by atoms with van der Waals surface area (Å²) < 4.78 is 0. The zero-order valence-corrected chi connectivity index (χ0v) is 8.83. The maximum absolute atomic E-state index is 5.67. The van der Waals surface area contributed by atoms with Crippen LogP contribution in [0, 0.1) is 0 Å². The van der Waals surface area contributed by atoms with Crippen molar-refractivity contribution in [1.29, 1.82) is 0 Å². The van der Waals surface area contributed by atoms with Crippen molar-refractivity contribution in [1.82, 2.24) is 0 Å². The van der Waals surface area contributed by atoms with E-state index in [0.717, 1.165) is 16.2 Å². The molecular formula is C11H14N2S.